The molecule has 1 unspecified atom stereocenters. The first-order valence-corrected chi connectivity index (χ1v) is 7.97. The summed E-state index contributed by atoms with van der Waals surface area (Å²) in [7, 11) is 0. The average Bonchev–Trinajstić information content (AvgIpc) is 2.60. The van der Waals surface area contributed by atoms with Crippen molar-refractivity contribution in [2.75, 3.05) is 13.1 Å². The molecule has 0 spiro atoms. The van der Waals surface area contributed by atoms with Gasteiger partial charge in [-0.15, -0.1) is 0 Å². The maximum absolute atomic E-state index is 11.9. The first kappa shape index (κ1) is 18.0. The highest BCUT2D eigenvalue weighted by molar-refractivity contribution is 6.30. The fraction of sp³-hybridized carbons (Fsp3) is 0.222. The molecule has 24 heavy (non-hydrogen) atoms. The summed E-state index contributed by atoms with van der Waals surface area (Å²) in [6.07, 6.45) is -0.231. The Hall–Kier alpha value is -2.37. The van der Waals surface area contributed by atoms with E-state index >= 15 is 0 Å². The van der Waals surface area contributed by atoms with Crippen molar-refractivity contribution >= 4 is 23.4 Å². The second-order valence-electron chi connectivity index (χ2n) is 5.26. The van der Waals surface area contributed by atoms with Crippen LogP contribution >= 0.6 is 11.6 Å². The van der Waals surface area contributed by atoms with E-state index in [-0.39, 0.29) is 18.4 Å². The third-order valence-electron chi connectivity index (χ3n) is 3.42. The van der Waals surface area contributed by atoms with E-state index in [1.165, 1.54) is 6.07 Å². The maximum atomic E-state index is 11.9. The lowest BCUT2D eigenvalue weighted by Crippen LogP contribution is -2.37. The van der Waals surface area contributed by atoms with E-state index in [1.807, 2.05) is 30.3 Å². The Balaban J connectivity index is 1.69. The van der Waals surface area contributed by atoms with Crippen LogP contribution in [-0.2, 0) is 4.79 Å². The van der Waals surface area contributed by atoms with Crippen molar-refractivity contribution in [3.63, 3.8) is 0 Å². The number of amides is 2. The van der Waals surface area contributed by atoms with Gasteiger partial charge < -0.3 is 15.7 Å². The monoisotopic (exact) mass is 346 g/mol. The molecule has 0 radical (unpaired) electrons. The van der Waals surface area contributed by atoms with Crippen molar-refractivity contribution in [1.29, 1.82) is 0 Å². The van der Waals surface area contributed by atoms with Crippen molar-refractivity contribution in [1.82, 2.24) is 10.6 Å². The highest BCUT2D eigenvalue weighted by atomic mass is 35.5. The molecule has 5 nitrogen and oxygen atoms in total. The van der Waals surface area contributed by atoms with Crippen LogP contribution in [0.15, 0.2) is 54.6 Å². The van der Waals surface area contributed by atoms with Crippen molar-refractivity contribution in [2.24, 2.45) is 0 Å². The molecule has 0 fully saturated rings. The zero-order chi connectivity index (χ0) is 17.4. The van der Waals surface area contributed by atoms with Gasteiger partial charge in [0.1, 0.15) is 0 Å². The third kappa shape index (κ3) is 5.68. The minimum atomic E-state index is -0.632. The number of halogens is 1. The number of carbonyl (C=O) groups excluding carboxylic acids is 2. The molecule has 0 saturated heterocycles. The zero-order valence-electron chi connectivity index (χ0n) is 13.0. The summed E-state index contributed by atoms with van der Waals surface area (Å²) in [5, 5.41) is 15.6. The molecule has 2 rings (SSSR count). The Morgan fingerprint density at radius 1 is 1.04 bits per heavy atom. The summed E-state index contributed by atoms with van der Waals surface area (Å²) in [4.78, 5) is 23.6. The molecule has 1 atom stereocenters. The van der Waals surface area contributed by atoms with Gasteiger partial charge >= 0.3 is 0 Å². The number of carbonyl (C=O) groups is 2. The number of rotatable bonds is 7. The number of aliphatic hydroxyl groups is 1. The van der Waals surface area contributed by atoms with Gasteiger partial charge in [-0.05, 0) is 30.2 Å². The fourth-order valence-corrected chi connectivity index (χ4v) is 2.34. The highest BCUT2D eigenvalue weighted by Crippen LogP contribution is 2.14. The quantitative estimate of drug-likeness (QED) is 0.720. The van der Waals surface area contributed by atoms with Crippen LogP contribution in [0.4, 0.5) is 0 Å². The Kier molecular flexibility index (Phi) is 6.78. The normalized spacial score (nSPS) is 11.6. The summed E-state index contributed by atoms with van der Waals surface area (Å²) in [6.45, 7) is 0.189. The van der Waals surface area contributed by atoms with Crippen molar-refractivity contribution in [3.05, 3.63) is 70.7 Å². The average molecular weight is 347 g/mol. The standard InChI is InChI=1S/C18H19ClN2O3/c19-15-8-4-7-14(11-15)18(24)21-12-17(23)20-10-9-16(22)13-5-2-1-3-6-13/h1-8,11,16,22H,9-10,12H2,(H,20,23)(H,21,24). The zero-order valence-corrected chi connectivity index (χ0v) is 13.8. The molecule has 0 aliphatic heterocycles. The molecule has 126 valence electrons. The lowest BCUT2D eigenvalue weighted by Gasteiger charge is -2.12. The predicted molar refractivity (Wildman–Crippen MR) is 92.8 cm³/mol. The summed E-state index contributed by atoms with van der Waals surface area (Å²) in [5.74, 6) is -0.678. The summed E-state index contributed by atoms with van der Waals surface area (Å²) in [5.41, 5.74) is 1.20. The number of benzene rings is 2. The Labute approximate surface area is 145 Å². The van der Waals surface area contributed by atoms with E-state index in [1.54, 1.807) is 18.2 Å². The summed E-state index contributed by atoms with van der Waals surface area (Å²) in [6, 6.07) is 15.7. The lowest BCUT2D eigenvalue weighted by molar-refractivity contribution is -0.120. The van der Waals surface area contributed by atoms with E-state index in [2.05, 4.69) is 10.6 Å². The van der Waals surface area contributed by atoms with Crippen LogP contribution in [-0.4, -0.2) is 30.0 Å². The SMILES string of the molecule is O=C(CNC(=O)c1cccc(Cl)c1)NCCC(O)c1ccccc1. The molecule has 0 saturated carbocycles. The molecule has 0 bridgehead atoms. The molecule has 0 aromatic heterocycles. The molecular formula is C18H19ClN2O3. The van der Waals surface area contributed by atoms with Crippen LogP contribution in [0.25, 0.3) is 0 Å². The maximum Gasteiger partial charge on any atom is 0.251 e. The van der Waals surface area contributed by atoms with Crippen LogP contribution in [0.1, 0.15) is 28.4 Å². The highest BCUT2D eigenvalue weighted by Gasteiger charge is 2.10. The second kappa shape index (κ2) is 9.05. The molecule has 6 heteroatoms. The van der Waals surface area contributed by atoms with Crippen molar-refractivity contribution in [2.45, 2.75) is 12.5 Å². The van der Waals surface area contributed by atoms with E-state index in [4.69, 9.17) is 11.6 Å². The third-order valence-corrected chi connectivity index (χ3v) is 3.66. The van der Waals surface area contributed by atoms with Gasteiger partial charge in [0, 0.05) is 17.1 Å². The van der Waals surface area contributed by atoms with Crippen LogP contribution in [0.5, 0.6) is 0 Å². The fourth-order valence-electron chi connectivity index (χ4n) is 2.14. The predicted octanol–water partition coefficient (Wildman–Crippen LogP) is 2.31. The molecule has 2 aromatic rings. The Morgan fingerprint density at radius 3 is 2.50 bits per heavy atom. The molecular weight excluding hydrogens is 328 g/mol. The first-order chi connectivity index (χ1) is 11.6. The van der Waals surface area contributed by atoms with Gasteiger partial charge in [-0.1, -0.05) is 48.0 Å². The summed E-state index contributed by atoms with van der Waals surface area (Å²) < 4.78 is 0. The van der Waals surface area contributed by atoms with Crippen LogP contribution < -0.4 is 10.6 Å². The molecule has 3 N–H and O–H groups in total. The van der Waals surface area contributed by atoms with Gasteiger partial charge in [-0.3, -0.25) is 9.59 Å². The minimum absolute atomic E-state index is 0.132. The number of hydrogen-bond acceptors (Lipinski definition) is 3. The van der Waals surface area contributed by atoms with Gasteiger partial charge in [0.15, 0.2) is 0 Å². The van der Waals surface area contributed by atoms with Crippen LogP contribution in [0.3, 0.4) is 0 Å². The van der Waals surface area contributed by atoms with Gasteiger partial charge in [0.2, 0.25) is 5.91 Å². The second-order valence-corrected chi connectivity index (χ2v) is 5.69. The molecule has 0 aliphatic rings. The van der Waals surface area contributed by atoms with Gasteiger partial charge in [-0.25, -0.2) is 0 Å². The van der Waals surface area contributed by atoms with E-state index in [0.717, 1.165) is 5.56 Å². The number of nitrogens with one attached hydrogen (secondary N) is 2. The Morgan fingerprint density at radius 2 is 1.79 bits per heavy atom. The molecule has 0 heterocycles. The molecule has 2 aromatic carbocycles. The number of hydrogen-bond donors (Lipinski definition) is 3. The largest absolute Gasteiger partial charge is 0.388 e. The first-order valence-electron chi connectivity index (χ1n) is 7.60. The van der Waals surface area contributed by atoms with Crippen LogP contribution in [0, 0.1) is 0 Å². The molecule has 0 aliphatic carbocycles. The smallest absolute Gasteiger partial charge is 0.251 e. The van der Waals surface area contributed by atoms with E-state index in [9.17, 15) is 14.7 Å². The van der Waals surface area contributed by atoms with Crippen molar-refractivity contribution < 1.29 is 14.7 Å². The molecule has 2 amide bonds. The number of aliphatic hydroxyl groups excluding tert-OH is 1. The summed E-state index contributed by atoms with van der Waals surface area (Å²) >= 11 is 5.82. The van der Waals surface area contributed by atoms with Crippen molar-refractivity contribution in [3.8, 4) is 0 Å². The van der Waals surface area contributed by atoms with Gasteiger partial charge in [-0.2, -0.15) is 0 Å². The van der Waals surface area contributed by atoms with Gasteiger partial charge in [0.05, 0.1) is 12.6 Å². The van der Waals surface area contributed by atoms with Crippen LogP contribution in [0.2, 0.25) is 5.02 Å². The van der Waals surface area contributed by atoms with E-state index < -0.39 is 6.10 Å². The van der Waals surface area contributed by atoms with E-state index in [0.29, 0.717) is 23.6 Å². The topological polar surface area (TPSA) is 78.4 Å². The van der Waals surface area contributed by atoms with Gasteiger partial charge in [0.25, 0.3) is 5.91 Å². The Bertz CT molecular complexity index is 692. The minimum Gasteiger partial charge on any atom is -0.388 e. The lowest BCUT2D eigenvalue weighted by atomic mass is 10.1.